The van der Waals surface area contributed by atoms with Crippen LogP contribution in [-0.4, -0.2) is 24.6 Å². The first kappa shape index (κ1) is 13.0. The van der Waals surface area contributed by atoms with Gasteiger partial charge in [0.15, 0.2) is 0 Å². The molecule has 20 heavy (non-hydrogen) atoms. The van der Waals surface area contributed by atoms with Gasteiger partial charge in [-0.3, -0.25) is 10.1 Å². The van der Waals surface area contributed by atoms with Gasteiger partial charge >= 0.3 is 6.03 Å². The second kappa shape index (κ2) is 4.81. The molecular weight excluding hydrogens is 256 g/mol. The van der Waals surface area contributed by atoms with Crippen LogP contribution in [0.25, 0.3) is 0 Å². The third-order valence-electron chi connectivity index (χ3n) is 4.44. The summed E-state index contributed by atoms with van der Waals surface area (Å²) in [6.45, 7) is 0. The molecule has 1 aliphatic heterocycles. The van der Waals surface area contributed by atoms with Gasteiger partial charge < -0.3 is 10.1 Å². The summed E-state index contributed by atoms with van der Waals surface area (Å²) in [5.74, 6) is 1.12. The Bertz CT molecular complexity index is 531. The van der Waals surface area contributed by atoms with Crippen LogP contribution in [0.3, 0.4) is 0 Å². The molecule has 3 rings (SSSR count). The number of nitrogens with one attached hydrogen (secondary N) is 2. The first-order valence-corrected chi connectivity index (χ1v) is 6.90. The highest BCUT2D eigenvalue weighted by Gasteiger charge is 2.48. The molecular formula is C15H18N2O3. The van der Waals surface area contributed by atoms with Crippen LogP contribution >= 0.6 is 0 Å². The summed E-state index contributed by atoms with van der Waals surface area (Å²) in [6, 6.07) is 7.72. The lowest BCUT2D eigenvalue weighted by Gasteiger charge is -2.34. The molecule has 106 valence electrons. The molecule has 0 radical (unpaired) electrons. The van der Waals surface area contributed by atoms with Crippen LogP contribution in [0.4, 0.5) is 4.79 Å². The summed E-state index contributed by atoms with van der Waals surface area (Å²) in [6.07, 6.45) is 3.20. The zero-order valence-corrected chi connectivity index (χ0v) is 11.4. The summed E-state index contributed by atoms with van der Waals surface area (Å²) in [7, 11) is 1.65. The van der Waals surface area contributed by atoms with E-state index in [1.165, 1.54) is 5.56 Å². The van der Waals surface area contributed by atoms with Crippen molar-refractivity contribution in [2.24, 2.45) is 0 Å². The maximum atomic E-state index is 11.9. The number of carbonyl (C=O) groups is 2. The lowest BCUT2D eigenvalue weighted by Crippen LogP contribution is -2.49. The van der Waals surface area contributed by atoms with E-state index in [2.05, 4.69) is 22.8 Å². The zero-order chi connectivity index (χ0) is 14.2. The maximum Gasteiger partial charge on any atom is 0.322 e. The molecule has 0 bridgehead atoms. The van der Waals surface area contributed by atoms with E-state index in [0.717, 1.165) is 18.6 Å². The fourth-order valence-electron chi connectivity index (χ4n) is 3.20. The molecule has 1 aromatic rings. The van der Waals surface area contributed by atoms with Crippen molar-refractivity contribution in [1.29, 1.82) is 0 Å². The van der Waals surface area contributed by atoms with Crippen LogP contribution in [0, 0.1) is 0 Å². The molecule has 1 saturated heterocycles. The van der Waals surface area contributed by atoms with Gasteiger partial charge in [-0.2, -0.15) is 0 Å². The van der Waals surface area contributed by atoms with E-state index in [1.54, 1.807) is 7.11 Å². The van der Waals surface area contributed by atoms with Gasteiger partial charge in [0, 0.05) is 0 Å². The van der Waals surface area contributed by atoms with Crippen molar-refractivity contribution in [3.8, 4) is 5.75 Å². The molecule has 1 aliphatic carbocycles. The van der Waals surface area contributed by atoms with Crippen LogP contribution < -0.4 is 15.4 Å². The topological polar surface area (TPSA) is 67.4 Å². The molecule has 1 saturated carbocycles. The molecule has 1 heterocycles. The average molecular weight is 274 g/mol. The molecule has 0 atom stereocenters. The quantitative estimate of drug-likeness (QED) is 0.810. The van der Waals surface area contributed by atoms with Gasteiger partial charge in [-0.1, -0.05) is 12.1 Å². The fraction of sp³-hybridized carbons (Fsp3) is 0.467. The van der Waals surface area contributed by atoms with Crippen molar-refractivity contribution in [2.75, 3.05) is 7.11 Å². The number of carbonyl (C=O) groups excluding carboxylic acids is 2. The molecule has 1 spiro atoms. The van der Waals surface area contributed by atoms with E-state index in [0.29, 0.717) is 18.8 Å². The highest BCUT2D eigenvalue weighted by molar-refractivity contribution is 6.07. The highest BCUT2D eigenvalue weighted by Crippen LogP contribution is 2.39. The summed E-state index contributed by atoms with van der Waals surface area (Å²) >= 11 is 0. The molecule has 2 aliphatic rings. The smallest absolute Gasteiger partial charge is 0.322 e. The van der Waals surface area contributed by atoms with Gasteiger partial charge in [-0.25, -0.2) is 4.79 Å². The lowest BCUT2D eigenvalue weighted by molar-refractivity contribution is -0.125. The fourth-order valence-corrected chi connectivity index (χ4v) is 3.20. The number of rotatable bonds is 2. The second-order valence-corrected chi connectivity index (χ2v) is 5.54. The Labute approximate surface area is 117 Å². The number of benzene rings is 1. The average Bonchev–Trinajstić information content (AvgIpc) is 2.74. The largest absolute Gasteiger partial charge is 0.497 e. The molecule has 1 aromatic carbocycles. The van der Waals surface area contributed by atoms with Gasteiger partial charge in [0.05, 0.1) is 7.11 Å². The molecule has 2 fully saturated rings. The van der Waals surface area contributed by atoms with Crippen LogP contribution in [0.5, 0.6) is 5.75 Å². The predicted octanol–water partition coefficient (Wildman–Crippen LogP) is 1.93. The van der Waals surface area contributed by atoms with E-state index in [4.69, 9.17) is 4.74 Å². The Morgan fingerprint density at radius 2 is 1.80 bits per heavy atom. The SMILES string of the molecule is COc1ccc(C2CCC3(CC2)NC(=O)NC3=O)cc1. The zero-order valence-electron chi connectivity index (χ0n) is 11.4. The first-order chi connectivity index (χ1) is 9.63. The Balaban J connectivity index is 1.69. The number of ether oxygens (including phenoxy) is 1. The third kappa shape index (κ3) is 2.13. The van der Waals surface area contributed by atoms with Crippen molar-refractivity contribution in [3.63, 3.8) is 0 Å². The number of hydrogen-bond acceptors (Lipinski definition) is 3. The number of urea groups is 1. The van der Waals surface area contributed by atoms with Crippen molar-refractivity contribution in [2.45, 2.75) is 37.1 Å². The van der Waals surface area contributed by atoms with Crippen molar-refractivity contribution in [1.82, 2.24) is 10.6 Å². The van der Waals surface area contributed by atoms with E-state index < -0.39 is 5.54 Å². The summed E-state index contributed by atoms with van der Waals surface area (Å²) in [5.41, 5.74) is 0.602. The Kier molecular flexibility index (Phi) is 3.12. The highest BCUT2D eigenvalue weighted by atomic mass is 16.5. The Morgan fingerprint density at radius 1 is 1.15 bits per heavy atom. The molecule has 5 nitrogen and oxygen atoms in total. The summed E-state index contributed by atoms with van der Waals surface area (Å²) < 4.78 is 5.16. The molecule has 0 unspecified atom stereocenters. The first-order valence-electron chi connectivity index (χ1n) is 6.90. The van der Waals surface area contributed by atoms with E-state index in [9.17, 15) is 9.59 Å². The van der Waals surface area contributed by atoms with E-state index in [-0.39, 0.29) is 11.9 Å². The minimum Gasteiger partial charge on any atom is -0.497 e. The van der Waals surface area contributed by atoms with Gasteiger partial charge in [-0.05, 0) is 49.3 Å². The Morgan fingerprint density at radius 3 is 2.30 bits per heavy atom. The van der Waals surface area contributed by atoms with Crippen LogP contribution in [0.1, 0.15) is 37.2 Å². The number of imide groups is 1. The normalized spacial score (nSPS) is 29.1. The van der Waals surface area contributed by atoms with E-state index >= 15 is 0 Å². The number of amides is 3. The maximum absolute atomic E-state index is 11.9. The third-order valence-corrected chi connectivity index (χ3v) is 4.44. The molecule has 3 amide bonds. The van der Waals surface area contributed by atoms with E-state index in [1.807, 2.05) is 12.1 Å². The molecule has 0 aromatic heterocycles. The minimum atomic E-state index is -0.667. The number of hydrogen-bond donors (Lipinski definition) is 2. The van der Waals surface area contributed by atoms with Gasteiger partial charge in [0.2, 0.25) is 0 Å². The standard InChI is InChI=1S/C15H18N2O3/c1-20-12-4-2-10(3-5-12)11-6-8-15(9-7-11)13(18)16-14(19)17-15/h2-5,11H,6-9H2,1H3,(H2,16,17,18,19). The summed E-state index contributed by atoms with van der Waals surface area (Å²) in [4.78, 5) is 23.2. The van der Waals surface area contributed by atoms with Gasteiger partial charge in [-0.15, -0.1) is 0 Å². The van der Waals surface area contributed by atoms with Crippen molar-refractivity contribution in [3.05, 3.63) is 29.8 Å². The van der Waals surface area contributed by atoms with Gasteiger partial charge in [0.25, 0.3) is 5.91 Å². The monoisotopic (exact) mass is 274 g/mol. The number of methoxy groups -OCH3 is 1. The second-order valence-electron chi connectivity index (χ2n) is 5.54. The summed E-state index contributed by atoms with van der Waals surface area (Å²) in [5, 5.41) is 5.13. The van der Waals surface area contributed by atoms with Crippen LogP contribution in [0.15, 0.2) is 24.3 Å². The van der Waals surface area contributed by atoms with Crippen molar-refractivity contribution < 1.29 is 14.3 Å². The minimum absolute atomic E-state index is 0.171. The lowest BCUT2D eigenvalue weighted by atomic mass is 9.74. The molecule has 5 heteroatoms. The molecule has 2 N–H and O–H groups in total. The predicted molar refractivity (Wildman–Crippen MR) is 73.6 cm³/mol. The Hall–Kier alpha value is -2.04. The van der Waals surface area contributed by atoms with Crippen LogP contribution in [0.2, 0.25) is 0 Å². The van der Waals surface area contributed by atoms with Gasteiger partial charge in [0.1, 0.15) is 11.3 Å². The van der Waals surface area contributed by atoms with Crippen LogP contribution in [-0.2, 0) is 4.79 Å². The van der Waals surface area contributed by atoms with Crippen molar-refractivity contribution >= 4 is 11.9 Å².